The first-order valence-electron chi connectivity index (χ1n) is 5.95. The number of nitrogens with zero attached hydrogens (tertiary/aromatic N) is 2. The molecule has 17 heavy (non-hydrogen) atoms. The van der Waals surface area contributed by atoms with Crippen LogP contribution >= 0.6 is 11.6 Å². The second-order valence-corrected chi connectivity index (χ2v) is 4.55. The van der Waals surface area contributed by atoms with E-state index in [1.165, 1.54) is 11.1 Å². The molecule has 0 radical (unpaired) electrons. The van der Waals surface area contributed by atoms with E-state index in [-0.39, 0.29) is 10.6 Å². The molecular weight excluding hydrogens is 240 g/mol. The summed E-state index contributed by atoms with van der Waals surface area (Å²) in [4.78, 5) is 11.7. The summed E-state index contributed by atoms with van der Waals surface area (Å²) in [6.45, 7) is 4.23. The number of hydrogen-bond acceptors (Lipinski definition) is 4. The zero-order valence-corrected chi connectivity index (χ0v) is 10.6. The Labute approximate surface area is 105 Å². The fraction of sp³-hybridized carbons (Fsp3) is 0.636. The molecule has 1 aromatic rings. The van der Waals surface area contributed by atoms with Crippen molar-refractivity contribution in [1.82, 2.24) is 15.1 Å². The zero-order chi connectivity index (χ0) is 12.3. The minimum Gasteiger partial charge on any atom is -0.381 e. The smallest absolute Gasteiger partial charge is 0.287 e. The summed E-state index contributed by atoms with van der Waals surface area (Å²) in [7, 11) is 0. The SMILES string of the molecule is CCn1ncc(NCC2CCCN2)c(Cl)c1=O. The van der Waals surface area contributed by atoms with Gasteiger partial charge in [0.1, 0.15) is 5.02 Å². The molecule has 0 aromatic carbocycles. The Kier molecular flexibility index (Phi) is 4.02. The molecule has 1 aliphatic rings. The Balaban J connectivity index is 2.05. The summed E-state index contributed by atoms with van der Waals surface area (Å²) in [6, 6.07) is 0.458. The molecule has 0 bridgehead atoms. The Morgan fingerprint density at radius 3 is 3.18 bits per heavy atom. The average Bonchev–Trinajstić information content (AvgIpc) is 2.84. The van der Waals surface area contributed by atoms with Gasteiger partial charge in [-0.1, -0.05) is 11.6 Å². The molecule has 94 valence electrons. The topological polar surface area (TPSA) is 59.0 Å². The largest absolute Gasteiger partial charge is 0.381 e. The van der Waals surface area contributed by atoms with E-state index in [0.717, 1.165) is 19.5 Å². The Morgan fingerprint density at radius 2 is 2.53 bits per heavy atom. The molecule has 2 heterocycles. The number of halogens is 1. The third kappa shape index (κ3) is 2.79. The van der Waals surface area contributed by atoms with Crippen LogP contribution in [0.25, 0.3) is 0 Å². The van der Waals surface area contributed by atoms with Crippen molar-refractivity contribution in [2.24, 2.45) is 0 Å². The Hall–Kier alpha value is -1.07. The van der Waals surface area contributed by atoms with Crippen molar-refractivity contribution in [3.05, 3.63) is 21.6 Å². The molecule has 1 aromatic heterocycles. The van der Waals surface area contributed by atoms with Gasteiger partial charge in [0.05, 0.1) is 11.9 Å². The second-order valence-electron chi connectivity index (χ2n) is 4.17. The van der Waals surface area contributed by atoms with Crippen molar-refractivity contribution in [2.75, 3.05) is 18.4 Å². The van der Waals surface area contributed by atoms with E-state index in [9.17, 15) is 4.79 Å². The first-order chi connectivity index (χ1) is 8.22. The summed E-state index contributed by atoms with van der Waals surface area (Å²) in [5.74, 6) is 0. The minimum absolute atomic E-state index is 0.222. The number of aromatic nitrogens is 2. The van der Waals surface area contributed by atoms with E-state index >= 15 is 0 Å². The summed E-state index contributed by atoms with van der Waals surface area (Å²) < 4.78 is 1.35. The monoisotopic (exact) mass is 256 g/mol. The first kappa shape index (κ1) is 12.4. The van der Waals surface area contributed by atoms with Crippen LogP contribution in [-0.2, 0) is 6.54 Å². The number of nitrogens with one attached hydrogen (secondary N) is 2. The number of anilines is 1. The van der Waals surface area contributed by atoms with E-state index in [0.29, 0.717) is 18.3 Å². The van der Waals surface area contributed by atoms with Crippen LogP contribution in [0, 0.1) is 0 Å². The lowest BCUT2D eigenvalue weighted by Crippen LogP contribution is -2.30. The number of aryl methyl sites for hydroxylation is 1. The summed E-state index contributed by atoms with van der Waals surface area (Å²) in [5.41, 5.74) is 0.383. The van der Waals surface area contributed by atoms with Gasteiger partial charge in [-0.3, -0.25) is 4.79 Å². The standard InChI is InChI=1S/C11H17ClN4O/c1-2-16-11(17)10(12)9(7-15-16)14-6-8-4-3-5-13-8/h7-8,13-14H,2-6H2,1H3. The molecule has 1 atom stereocenters. The molecule has 1 fully saturated rings. The van der Waals surface area contributed by atoms with Gasteiger partial charge in [-0.25, -0.2) is 4.68 Å². The summed E-state index contributed by atoms with van der Waals surface area (Å²) >= 11 is 6.01. The van der Waals surface area contributed by atoms with Gasteiger partial charge >= 0.3 is 0 Å². The van der Waals surface area contributed by atoms with E-state index in [1.807, 2.05) is 6.92 Å². The van der Waals surface area contributed by atoms with Crippen LogP contribution in [0.3, 0.4) is 0 Å². The number of hydrogen-bond donors (Lipinski definition) is 2. The van der Waals surface area contributed by atoms with Crippen LogP contribution in [0.1, 0.15) is 19.8 Å². The van der Waals surface area contributed by atoms with Crippen molar-refractivity contribution in [1.29, 1.82) is 0 Å². The fourth-order valence-electron chi connectivity index (χ4n) is 1.98. The fourth-order valence-corrected chi connectivity index (χ4v) is 2.19. The molecule has 6 heteroatoms. The molecular formula is C11H17ClN4O. The molecule has 0 amide bonds. The quantitative estimate of drug-likeness (QED) is 0.847. The molecule has 0 aliphatic carbocycles. The highest BCUT2D eigenvalue weighted by Crippen LogP contribution is 2.16. The molecule has 0 saturated carbocycles. The lowest BCUT2D eigenvalue weighted by molar-refractivity contribution is 0.612. The van der Waals surface area contributed by atoms with E-state index in [1.54, 1.807) is 6.20 Å². The van der Waals surface area contributed by atoms with Crippen LogP contribution in [0.5, 0.6) is 0 Å². The number of rotatable bonds is 4. The van der Waals surface area contributed by atoms with Crippen molar-refractivity contribution >= 4 is 17.3 Å². The Morgan fingerprint density at radius 1 is 1.71 bits per heavy atom. The molecule has 0 spiro atoms. The van der Waals surface area contributed by atoms with Crippen LogP contribution in [0.4, 0.5) is 5.69 Å². The average molecular weight is 257 g/mol. The molecule has 2 N–H and O–H groups in total. The van der Waals surface area contributed by atoms with E-state index < -0.39 is 0 Å². The maximum Gasteiger partial charge on any atom is 0.287 e. The predicted molar refractivity (Wildman–Crippen MR) is 68.7 cm³/mol. The van der Waals surface area contributed by atoms with Gasteiger partial charge in [0.25, 0.3) is 5.56 Å². The molecule has 1 aliphatic heterocycles. The molecule has 5 nitrogen and oxygen atoms in total. The highest BCUT2D eigenvalue weighted by atomic mass is 35.5. The van der Waals surface area contributed by atoms with Gasteiger partial charge in [0.2, 0.25) is 0 Å². The van der Waals surface area contributed by atoms with Crippen molar-refractivity contribution in [3.8, 4) is 0 Å². The lowest BCUT2D eigenvalue weighted by Gasteiger charge is -2.13. The normalized spacial score (nSPS) is 19.5. The third-order valence-electron chi connectivity index (χ3n) is 2.99. The van der Waals surface area contributed by atoms with Crippen LogP contribution in [0.2, 0.25) is 5.02 Å². The van der Waals surface area contributed by atoms with Crippen LogP contribution < -0.4 is 16.2 Å². The van der Waals surface area contributed by atoms with Gasteiger partial charge in [0.15, 0.2) is 0 Å². The van der Waals surface area contributed by atoms with Gasteiger partial charge < -0.3 is 10.6 Å². The van der Waals surface area contributed by atoms with E-state index in [4.69, 9.17) is 11.6 Å². The van der Waals surface area contributed by atoms with Gasteiger partial charge in [0, 0.05) is 19.1 Å². The highest BCUT2D eigenvalue weighted by Gasteiger charge is 2.15. The minimum atomic E-state index is -0.237. The van der Waals surface area contributed by atoms with Gasteiger partial charge in [-0.05, 0) is 26.3 Å². The molecule has 1 saturated heterocycles. The zero-order valence-electron chi connectivity index (χ0n) is 9.87. The van der Waals surface area contributed by atoms with Gasteiger partial charge in [-0.15, -0.1) is 0 Å². The summed E-state index contributed by atoms with van der Waals surface area (Å²) in [5, 5.41) is 10.8. The van der Waals surface area contributed by atoms with E-state index in [2.05, 4.69) is 15.7 Å². The maximum atomic E-state index is 11.7. The molecule has 2 rings (SSSR count). The molecule has 1 unspecified atom stereocenters. The van der Waals surface area contributed by atoms with Crippen molar-refractivity contribution < 1.29 is 0 Å². The highest BCUT2D eigenvalue weighted by molar-refractivity contribution is 6.32. The van der Waals surface area contributed by atoms with Crippen LogP contribution in [-0.4, -0.2) is 28.9 Å². The van der Waals surface area contributed by atoms with Gasteiger partial charge in [-0.2, -0.15) is 5.10 Å². The third-order valence-corrected chi connectivity index (χ3v) is 3.35. The van der Waals surface area contributed by atoms with Crippen molar-refractivity contribution in [2.45, 2.75) is 32.4 Å². The van der Waals surface area contributed by atoms with Crippen LogP contribution in [0.15, 0.2) is 11.0 Å². The summed E-state index contributed by atoms with van der Waals surface area (Å²) in [6.07, 6.45) is 3.97. The second kappa shape index (κ2) is 5.51. The maximum absolute atomic E-state index is 11.7. The Bertz CT molecular complexity index is 440. The van der Waals surface area contributed by atoms with Crippen molar-refractivity contribution in [3.63, 3.8) is 0 Å². The lowest BCUT2D eigenvalue weighted by atomic mass is 10.2. The predicted octanol–water partition coefficient (Wildman–Crippen LogP) is 1.08. The first-order valence-corrected chi connectivity index (χ1v) is 6.33.